The Labute approximate surface area is 243 Å². The standard InChI is InChI=1S/C18H25N3O2S.C12H16N2O2S/c1-19-24(22,23)11-8-14-4-5-18-16(12-14)17(13-21(18)3)15-6-9-20(2)10-7-15;1-13-17(15,16)8-6-10-3-4-12-11(9-10)5-7-14(12)2/h4-6,12-13,19H,7-11H2,1-3H3;3-5,7,9,13H,6,8H2,1-2H3. The van der Waals surface area contributed by atoms with Crippen LogP contribution < -0.4 is 9.44 Å². The van der Waals surface area contributed by atoms with Gasteiger partial charge in [0.25, 0.3) is 0 Å². The molecule has 0 saturated carbocycles. The lowest BCUT2D eigenvalue weighted by Gasteiger charge is -2.21. The predicted octanol–water partition coefficient (Wildman–Crippen LogP) is 3.26. The Morgan fingerprint density at radius 3 is 1.98 bits per heavy atom. The van der Waals surface area contributed by atoms with E-state index in [1.54, 1.807) is 0 Å². The molecule has 0 aliphatic carbocycles. The molecule has 3 heterocycles. The highest BCUT2D eigenvalue weighted by Crippen LogP contribution is 2.31. The third kappa shape index (κ3) is 7.87. The average Bonchev–Trinajstić information content (AvgIpc) is 3.50. The second-order valence-electron chi connectivity index (χ2n) is 10.6. The van der Waals surface area contributed by atoms with Gasteiger partial charge in [0.1, 0.15) is 0 Å². The van der Waals surface area contributed by atoms with Crippen LogP contribution in [0, 0.1) is 0 Å². The van der Waals surface area contributed by atoms with E-state index in [-0.39, 0.29) is 11.5 Å². The first-order chi connectivity index (χ1) is 19.4. The lowest BCUT2D eigenvalue weighted by molar-refractivity contribution is 0.370. The Balaban J connectivity index is 0.000000201. The van der Waals surface area contributed by atoms with Crippen LogP contribution in [0.4, 0.5) is 0 Å². The van der Waals surface area contributed by atoms with Crippen LogP contribution in [0.5, 0.6) is 0 Å². The zero-order chi connectivity index (χ0) is 29.8. The number of aromatic nitrogens is 2. The summed E-state index contributed by atoms with van der Waals surface area (Å²) in [5.74, 6) is 0.243. The van der Waals surface area contributed by atoms with Crippen LogP contribution in [0.25, 0.3) is 27.4 Å². The fourth-order valence-electron chi connectivity index (χ4n) is 5.06. The van der Waals surface area contributed by atoms with E-state index in [0.29, 0.717) is 12.8 Å². The lowest BCUT2D eigenvalue weighted by atomic mass is 9.98. The fourth-order valence-corrected chi connectivity index (χ4v) is 6.48. The van der Waals surface area contributed by atoms with Crippen molar-refractivity contribution < 1.29 is 16.8 Å². The summed E-state index contributed by atoms with van der Waals surface area (Å²) < 4.78 is 54.9. The van der Waals surface area contributed by atoms with Gasteiger partial charge in [-0.15, -0.1) is 0 Å². The molecule has 2 aromatic carbocycles. The topological polar surface area (TPSA) is 105 Å². The van der Waals surface area contributed by atoms with E-state index in [2.05, 4.69) is 57.4 Å². The molecule has 2 aromatic heterocycles. The van der Waals surface area contributed by atoms with Crippen molar-refractivity contribution in [3.05, 3.63) is 77.6 Å². The van der Waals surface area contributed by atoms with Crippen LogP contribution >= 0.6 is 0 Å². The summed E-state index contributed by atoms with van der Waals surface area (Å²) in [6.45, 7) is 2.05. The van der Waals surface area contributed by atoms with Gasteiger partial charge in [-0.25, -0.2) is 26.3 Å². The molecule has 9 nitrogen and oxygen atoms in total. The van der Waals surface area contributed by atoms with Crippen LogP contribution in [0.1, 0.15) is 23.1 Å². The van der Waals surface area contributed by atoms with Crippen molar-refractivity contribution in [1.29, 1.82) is 0 Å². The Morgan fingerprint density at radius 2 is 1.39 bits per heavy atom. The van der Waals surface area contributed by atoms with E-state index in [0.717, 1.165) is 41.5 Å². The molecule has 0 saturated heterocycles. The molecule has 0 radical (unpaired) electrons. The summed E-state index contributed by atoms with van der Waals surface area (Å²) in [6.07, 6.45) is 8.60. The molecule has 5 rings (SSSR count). The largest absolute Gasteiger partial charge is 0.351 e. The van der Waals surface area contributed by atoms with Crippen LogP contribution in [0.15, 0.2) is 60.9 Å². The first-order valence-electron chi connectivity index (χ1n) is 13.7. The van der Waals surface area contributed by atoms with Gasteiger partial charge < -0.3 is 14.0 Å². The Hall–Kier alpha value is -2.96. The normalized spacial score (nSPS) is 14.7. The summed E-state index contributed by atoms with van der Waals surface area (Å²) in [7, 11) is 2.79. The number of nitrogens with zero attached hydrogens (tertiary/aromatic N) is 3. The van der Waals surface area contributed by atoms with Crippen LogP contribution in [0.2, 0.25) is 0 Å². The van der Waals surface area contributed by atoms with Crippen molar-refractivity contribution in [1.82, 2.24) is 23.5 Å². The van der Waals surface area contributed by atoms with Gasteiger partial charge in [-0.3, -0.25) is 0 Å². The van der Waals surface area contributed by atoms with E-state index in [4.69, 9.17) is 0 Å². The molecule has 11 heteroatoms. The van der Waals surface area contributed by atoms with E-state index in [1.165, 1.54) is 36.1 Å². The molecule has 0 bridgehead atoms. The van der Waals surface area contributed by atoms with Crippen molar-refractivity contribution in [2.75, 3.05) is 45.7 Å². The van der Waals surface area contributed by atoms with Crippen molar-refractivity contribution in [3.63, 3.8) is 0 Å². The summed E-state index contributed by atoms with van der Waals surface area (Å²) >= 11 is 0. The molecule has 222 valence electrons. The van der Waals surface area contributed by atoms with Gasteiger partial charge in [0, 0.05) is 61.6 Å². The summed E-state index contributed by atoms with van der Waals surface area (Å²) in [4.78, 5) is 2.31. The molecular formula is C30H41N5O4S2. The summed E-state index contributed by atoms with van der Waals surface area (Å²) in [5.41, 5.74) is 7.11. The van der Waals surface area contributed by atoms with Crippen molar-refractivity contribution in [3.8, 4) is 0 Å². The Kier molecular flexibility index (Phi) is 9.76. The van der Waals surface area contributed by atoms with Crippen LogP contribution in [-0.4, -0.2) is 76.6 Å². The molecule has 0 fully saturated rings. The number of nitrogens with one attached hydrogen (secondary N) is 2. The monoisotopic (exact) mass is 599 g/mol. The average molecular weight is 600 g/mol. The highest BCUT2D eigenvalue weighted by Gasteiger charge is 2.16. The van der Waals surface area contributed by atoms with Crippen LogP contribution in [-0.2, 0) is 47.0 Å². The molecule has 0 atom stereocenters. The van der Waals surface area contributed by atoms with E-state index in [1.807, 2.05) is 48.1 Å². The first-order valence-corrected chi connectivity index (χ1v) is 17.0. The highest BCUT2D eigenvalue weighted by atomic mass is 32.2. The van der Waals surface area contributed by atoms with Gasteiger partial charge in [-0.05, 0) is 92.8 Å². The van der Waals surface area contributed by atoms with Gasteiger partial charge in [0.15, 0.2) is 0 Å². The van der Waals surface area contributed by atoms with E-state index >= 15 is 0 Å². The van der Waals surface area contributed by atoms with Gasteiger partial charge in [-0.1, -0.05) is 18.2 Å². The molecule has 41 heavy (non-hydrogen) atoms. The van der Waals surface area contributed by atoms with Crippen molar-refractivity contribution >= 4 is 47.4 Å². The number of rotatable bonds is 9. The number of fused-ring (bicyclic) bond motifs is 2. The molecule has 0 unspecified atom stereocenters. The molecule has 1 aliphatic heterocycles. The molecular weight excluding hydrogens is 558 g/mol. The molecule has 2 N–H and O–H groups in total. The lowest BCUT2D eigenvalue weighted by Crippen LogP contribution is -2.23. The molecule has 0 spiro atoms. The Morgan fingerprint density at radius 1 is 0.780 bits per heavy atom. The van der Waals surface area contributed by atoms with Gasteiger partial charge in [0.05, 0.1) is 11.5 Å². The molecule has 4 aromatic rings. The van der Waals surface area contributed by atoms with E-state index in [9.17, 15) is 16.8 Å². The molecule has 1 aliphatic rings. The number of sulfonamides is 2. The van der Waals surface area contributed by atoms with Gasteiger partial charge in [0.2, 0.25) is 20.0 Å². The number of benzene rings is 2. The second-order valence-corrected chi connectivity index (χ2v) is 14.7. The summed E-state index contributed by atoms with van der Waals surface area (Å²) in [5, 5.41) is 2.36. The number of likely N-dealkylation sites (N-methyl/N-ethyl adjacent to an activating group) is 1. The maximum atomic E-state index is 11.7. The smallest absolute Gasteiger partial charge is 0.211 e. The number of hydrogen-bond donors (Lipinski definition) is 2. The third-order valence-electron chi connectivity index (χ3n) is 7.70. The SMILES string of the molecule is CNS(=O)(=O)CCc1ccc2c(c1)c(C1=CCN(C)CC1)cn2C.CNS(=O)(=O)CCc1ccc2c(ccn2C)c1. The Bertz CT molecular complexity index is 1770. The van der Waals surface area contributed by atoms with Gasteiger partial charge >= 0.3 is 0 Å². The second kappa shape index (κ2) is 12.9. The minimum atomic E-state index is -3.17. The zero-order valence-corrected chi connectivity index (χ0v) is 26.1. The summed E-state index contributed by atoms with van der Waals surface area (Å²) in [6, 6.07) is 14.3. The molecule has 0 amide bonds. The van der Waals surface area contributed by atoms with Gasteiger partial charge in [-0.2, -0.15) is 0 Å². The maximum absolute atomic E-state index is 11.7. The quantitative estimate of drug-likeness (QED) is 0.307. The van der Waals surface area contributed by atoms with Crippen molar-refractivity contribution in [2.45, 2.75) is 19.3 Å². The van der Waals surface area contributed by atoms with Crippen molar-refractivity contribution in [2.24, 2.45) is 14.1 Å². The maximum Gasteiger partial charge on any atom is 0.211 e. The third-order valence-corrected chi connectivity index (χ3v) is 10.4. The van der Waals surface area contributed by atoms with E-state index < -0.39 is 20.0 Å². The highest BCUT2D eigenvalue weighted by molar-refractivity contribution is 7.89. The minimum Gasteiger partial charge on any atom is -0.351 e. The number of aryl methyl sites for hydroxylation is 4. The number of hydrogen-bond acceptors (Lipinski definition) is 5. The fraction of sp³-hybridized carbons (Fsp3) is 0.400. The zero-order valence-electron chi connectivity index (χ0n) is 24.5. The van der Waals surface area contributed by atoms with Crippen LogP contribution in [0.3, 0.4) is 0 Å². The predicted molar refractivity (Wildman–Crippen MR) is 169 cm³/mol. The minimum absolute atomic E-state index is 0.116. The first kappa shape index (κ1) is 31.0.